The van der Waals surface area contributed by atoms with E-state index in [1.807, 2.05) is 7.05 Å². The van der Waals surface area contributed by atoms with Crippen LogP contribution in [0.4, 0.5) is 27.6 Å². The number of anilines is 1. The monoisotopic (exact) mass is 524 g/mol. The number of halogens is 5. The number of alkyl halides is 4. The number of rotatable bonds is 8. The quantitative estimate of drug-likeness (QED) is 0.498. The Morgan fingerprint density at radius 2 is 1.76 bits per heavy atom. The molecule has 2 bridgehead atoms. The van der Waals surface area contributed by atoms with Gasteiger partial charge in [-0.15, -0.1) is 0 Å². The van der Waals surface area contributed by atoms with Crippen LogP contribution in [0.2, 0.25) is 0 Å². The third-order valence-electron chi connectivity index (χ3n) is 8.09. The van der Waals surface area contributed by atoms with Gasteiger partial charge >= 0.3 is 0 Å². The van der Waals surface area contributed by atoms with Gasteiger partial charge in [0, 0.05) is 37.0 Å². The normalized spacial score (nSPS) is 25.1. The summed E-state index contributed by atoms with van der Waals surface area (Å²) in [5.74, 6) is -1.20. The minimum absolute atomic E-state index is 0.0258. The number of benzene rings is 1. The van der Waals surface area contributed by atoms with Crippen LogP contribution >= 0.6 is 0 Å². The smallest absolute Gasteiger partial charge is 0.266 e. The number of likely N-dealkylation sites (tertiary alicyclic amines) is 1. The highest BCUT2D eigenvalue weighted by Gasteiger charge is 2.54. The molecule has 0 radical (unpaired) electrons. The van der Waals surface area contributed by atoms with Crippen LogP contribution in [0.15, 0.2) is 35.3 Å². The molecular formula is C26H29F5N4O2. The zero-order valence-electron chi connectivity index (χ0n) is 20.5. The summed E-state index contributed by atoms with van der Waals surface area (Å²) in [7, 11) is 2.03. The standard InChI is InChI=1S/C26H29F5N4O2/c1-13(16-4-3-5-17(21(16)27)23(28)29)32-24(37)18-12-35(26(6-7-26)25(30)31)20(36)9-19(18)33-22-14-8-15(22)11-34(2)10-14/h3-5,9,12-15,22-23,25,33H,6-8,10-11H2,1-2H3,(H,32,37)/t13-,14-,15+,22?/m1/s1. The lowest BCUT2D eigenvalue weighted by molar-refractivity contribution is 0.0269. The number of nitrogens with zero attached hydrogens (tertiary/aromatic N) is 2. The third kappa shape index (κ3) is 4.51. The Morgan fingerprint density at radius 1 is 1.11 bits per heavy atom. The zero-order valence-corrected chi connectivity index (χ0v) is 20.5. The lowest BCUT2D eigenvalue weighted by Gasteiger charge is -2.53. The van der Waals surface area contributed by atoms with E-state index in [1.165, 1.54) is 25.1 Å². The van der Waals surface area contributed by atoms with Gasteiger partial charge in [-0.3, -0.25) is 9.59 Å². The van der Waals surface area contributed by atoms with E-state index < -0.39 is 47.3 Å². The van der Waals surface area contributed by atoms with E-state index in [4.69, 9.17) is 0 Å². The van der Waals surface area contributed by atoms with Crippen molar-refractivity contribution in [3.8, 4) is 0 Å². The van der Waals surface area contributed by atoms with Crippen molar-refractivity contribution >= 4 is 11.6 Å². The van der Waals surface area contributed by atoms with Crippen molar-refractivity contribution in [2.45, 2.75) is 56.7 Å². The molecule has 2 saturated carbocycles. The second-order valence-electron chi connectivity index (χ2n) is 10.6. The number of carbonyl (C=O) groups is 1. The molecular weight excluding hydrogens is 495 g/mol. The Kier molecular flexibility index (Phi) is 6.54. The Bertz CT molecular complexity index is 1250. The molecule has 11 heteroatoms. The van der Waals surface area contributed by atoms with Crippen LogP contribution in [-0.2, 0) is 5.54 Å². The van der Waals surface area contributed by atoms with Crippen molar-refractivity contribution in [1.82, 2.24) is 14.8 Å². The first-order valence-corrected chi connectivity index (χ1v) is 12.4. The first kappa shape index (κ1) is 25.7. The number of fused-ring (bicyclic) bond motifs is 2. The van der Waals surface area contributed by atoms with Gasteiger partial charge in [0.1, 0.15) is 11.4 Å². The van der Waals surface area contributed by atoms with Gasteiger partial charge in [-0.1, -0.05) is 18.2 Å². The van der Waals surface area contributed by atoms with Crippen LogP contribution in [0, 0.1) is 17.7 Å². The molecule has 1 aromatic carbocycles. The average Bonchev–Trinajstić information content (AvgIpc) is 3.64. The van der Waals surface area contributed by atoms with Gasteiger partial charge in [-0.05, 0) is 45.1 Å². The molecule has 1 aliphatic heterocycles. The number of amides is 1. The largest absolute Gasteiger partial charge is 0.381 e. The van der Waals surface area contributed by atoms with Gasteiger partial charge in [0.25, 0.3) is 24.3 Å². The lowest BCUT2D eigenvalue weighted by atomic mass is 9.66. The number of pyridine rings is 1. The molecule has 2 aromatic rings. The molecule has 2 N–H and O–H groups in total. The first-order chi connectivity index (χ1) is 17.5. The molecule has 5 rings (SSSR count). The van der Waals surface area contributed by atoms with Gasteiger partial charge in [0.15, 0.2) is 0 Å². The van der Waals surface area contributed by atoms with Crippen LogP contribution in [-0.4, -0.2) is 48.0 Å². The fourth-order valence-electron chi connectivity index (χ4n) is 5.84. The number of hydrogen-bond acceptors (Lipinski definition) is 4. The number of carbonyl (C=O) groups excluding carboxylic acids is 1. The van der Waals surface area contributed by atoms with Gasteiger partial charge in [-0.2, -0.15) is 0 Å². The Balaban J connectivity index is 1.47. The molecule has 2 heterocycles. The zero-order chi connectivity index (χ0) is 26.6. The van der Waals surface area contributed by atoms with E-state index in [0.717, 1.165) is 36.3 Å². The van der Waals surface area contributed by atoms with E-state index in [-0.39, 0.29) is 35.7 Å². The molecule has 3 aliphatic rings. The summed E-state index contributed by atoms with van der Waals surface area (Å²) in [5, 5.41) is 5.91. The summed E-state index contributed by atoms with van der Waals surface area (Å²) in [6.07, 6.45) is -3.41. The number of hydrogen-bond donors (Lipinski definition) is 2. The SMILES string of the molecule is C[C@@H](NC(=O)c1cn(C2(C(F)F)CC2)c(=O)cc1NC1[C@@H]2C[C@H]1CN(C)C2)c1cccc(C(F)F)c1F. The van der Waals surface area contributed by atoms with Crippen molar-refractivity contribution in [2.24, 2.45) is 11.8 Å². The minimum Gasteiger partial charge on any atom is -0.381 e. The Labute approximate surface area is 210 Å². The van der Waals surface area contributed by atoms with E-state index in [2.05, 4.69) is 15.5 Å². The van der Waals surface area contributed by atoms with Gasteiger partial charge < -0.3 is 20.1 Å². The molecule has 2 aliphatic carbocycles. The summed E-state index contributed by atoms with van der Waals surface area (Å²) >= 11 is 0. The summed E-state index contributed by atoms with van der Waals surface area (Å²) in [5.41, 5.74) is -2.99. The highest BCUT2D eigenvalue weighted by Crippen LogP contribution is 2.48. The van der Waals surface area contributed by atoms with Crippen LogP contribution in [0.25, 0.3) is 0 Å². The maximum Gasteiger partial charge on any atom is 0.266 e. The van der Waals surface area contributed by atoms with Crippen molar-refractivity contribution < 1.29 is 26.7 Å². The van der Waals surface area contributed by atoms with Gasteiger partial charge in [0.05, 0.1) is 22.9 Å². The van der Waals surface area contributed by atoms with Gasteiger partial charge in [-0.25, -0.2) is 22.0 Å². The summed E-state index contributed by atoms with van der Waals surface area (Å²) in [6.45, 7) is 3.17. The molecule has 200 valence electrons. The molecule has 37 heavy (non-hydrogen) atoms. The maximum atomic E-state index is 14.7. The van der Waals surface area contributed by atoms with Crippen molar-refractivity contribution in [3.63, 3.8) is 0 Å². The number of piperidine rings is 2. The Hall–Kier alpha value is -2.95. The van der Waals surface area contributed by atoms with E-state index >= 15 is 0 Å². The van der Waals surface area contributed by atoms with E-state index in [0.29, 0.717) is 11.8 Å². The molecule has 1 saturated heterocycles. The topological polar surface area (TPSA) is 66.4 Å². The maximum absolute atomic E-state index is 14.7. The molecule has 1 aromatic heterocycles. The van der Waals surface area contributed by atoms with Crippen LogP contribution < -0.4 is 16.2 Å². The minimum atomic E-state index is -3.02. The highest BCUT2D eigenvalue weighted by molar-refractivity contribution is 5.99. The predicted octanol–water partition coefficient (Wildman–Crippen LogP) is 4.53. The number of nitrogens with one attached hydrogen (secondary N) is 2. The van der Waals surface area contributed by atoms with E-state index in [9.17, 15) is 31.5 Å². The average molecular weight is 525 g/mol. The molecule has 1 unspecified atom stereocenters. The molecule has 1 amide bonds. The Morgan fingerprint density at radius 3 is 2.35 bits per heavy atom. The van der Waals surface area contributed by atoms with Crippen molar-refractivity contribution in [2.75, 3.05) is 25.5 Å². The van der Waals surface area contributed by atoms with Crippen LogP contribution in [0.3, 0.4) is 0 Å². The molecule has 6 nitrogen and oxygen atoms in total. The third-order valence-corrected chi connectivity index (χ3v) is 8.09. The van der Waals surface area contributed by atoms with E-state index in [1.54, 1.807) is 0 Å². The number of aromatic nitrogens is 1. The second-order valence-corrected chi connectivity index (χ2v) is 10.6. The molecule has 3 fully saturated rings. The first-order valence-electron chi connectivity index (χ1n) is 12.4. The fourth-order valence-corrected chi connectivity index (χ4v) is 5.84. The van der Waals surface area contributed by atoms with Crippen LogP contribution in [0.1, 0.15) is 60.1 Å². The van der Waals surface area contributed by atoms with Crippen molar-refractivity contribution in [3.05, 3.63) is 63.3 Å². The predicted molar refractivity (Wildman–Crippen MR) is 128 cm³/mol. The van der Waals surface area contributed by atoms with Crippen molar-refractivity contribution in [1.29, 1.82) is 0 Å². The highest BCUT2D eigenvalue weighted by atomic mass is 19.3. The van der Waals surface area contributed by atoms with Crippen LogP contribution in [0.5, 0.6) is 0 Å². The second kappa shape index (κ2) is 9.41. The lowest BCUT2D eigenvalue weighted by Crippen LogP contribution is -2.60. The summed E-state index contributed by atoms with van der Waals surface area (Å²) < 4.78 is 69.6. The molecule has 0 spiro atoms. The fraction of sp³-hybridized carbons (Fsp3) is 0.538. The molecule has 4 atom stereocenters. The summed E-state index contributed by atoms with van der Waals surface area (Å²) in [6, 6.07) is 3.76. The summed E-state index contributed by atoms with van der Waals surface area (Å²) in [4.78, 5) is 28.5. The van der Waals surface area contributed by atoms with Gasteiger partial charge in [0.2, 0.25) is 0 Å².